The van der Waals surface area contributed by atoms with Gasteiger partial charge in [0.1, 0.15) is 5.75 Å². The van der Waals surface area contributed by atoms with Crippen molar-refractivity contribution in [3.63, 3.8) is 0 Å². The molecule has 0 aliphatic heterocycles. The fourth-order valence-corrected chi connectivity index (χ4v) is 3.47. The molecule has 0 saturated heterocycles. The van der Waals surface area contributed by atoms with Gasteiger partial charge in [-0.2, -0.15) is 0 Å². The molecule has 2 atom stereocenters. The van der Waals surface area contributed by atoms with Gasteiger partial charge >= 0.3 is 0 Å². The third-order valence-corrected chi connectivity index (χ3v) is 4.27. The normalized spacial score (nSPS) is 24.1. The van der Waals surface area contributed by atoms with Crippen molar-refractivity contribution in [2.75, 3.05) is 0 Å². The van der Waals surface area contributed by atoms with E-state index in [-0.39, 0.29) is 0 Å². The van der Waals surface area contributed by atoms with Crippen molar-refractivity contribution in [2.45, 2.75) is 46.5 Å². The molecule has 0 spiro atoms. The molecule has 1 aliphatic carbocycles. The summed E-state index contributed by atoms with van der Waals surface area (Å²) in [5, 5.41) is 9.59. The summed E-state index contributed by atoms with van der Waals surface area (Å²) in [4.78, 5) is 0. The predicted molar refractivity (Wildman–Crippen MR) is 72.3 cm³/mol. The Morgan fingerprint density at radius 1 is 1.12 bits per heavy atom. The number of benzene rings is 1. The van der Waals surface area contributed by atoms with E-state index < -0.39 is 0 Å². The number of hydrogen-bond donors (Lipinski definition) is 1. The van der Waals surface area contributed by atoms with Crippen LogP contribution in [-0.2, 0) is 6.42 Å². The summed E-state index contributed by atoms with van der Waals surface area (Å²) in [6.45, 7) is 9.32. The maximum absolute atomic E-state index is 9.59. The van der Waals surface area contributed by atoms with E-state index in [4.69, 9.17) is 0 Å². The van der Waals surface area contributed by atoms with Crippen molar-refractivity contribution in [2.24, 2.45) is 17.8 Å². The lowest BCUT2D eigenvalue weighted by molar-refractivity contribution is 0.236. The summed E-state index contributed by atoms with van der Waals surface area (Å²) in [6.07, 6.45) is 2.38. The van der Waals surface area contributed by atoms with E-state index in [0.29, 0.717) is 17.6 Å². The molecule has 0 amide bonds. The van der Waals surface area contributed by atoms with Gasteiger partial charge in [-0.3, -0.25) is 0 Å². The van der Waals surface area contributed by atoms with Gasteiger partial charge in [0.05, 0.1) is 0 Å². The quantitative estimate of drug-likeness (QED) is 0.803. The van der Waals surface area contributed by atoms with Crippen LogP contribution < -0.4 is 0 Å². The molecular formula is C16H24O. The van der Waals surface area contributed by atoms with Crippen LogP contribution in [-0.4, -0.2) is 5.11 Å². The zero-order chi connectivity index (χ0) is 12.6. The monoisotopic (exact) mass is 232 g/mol. The largest absolute Gasteiger partial charge is 0.508 e. The van der Waals surface area contributed by atoms with E-state index in [1.807, 2.05) is 12.1 Å². The highest BCUT2D eigenvalue weighted by Crippen LogP contribution is 2.44. The topological polar surface area (TPSA) is 20.2 Å². The van der Waals surface area contributed by atoms with E-state index in [9.17, 15) is 5.11 Å². The van der Waals surface area contributed by atoms with E-state index in [0.717, 1.165) is 18.3 Å². The second kappa shape index (κ2) is 4.72. The zero-order valence-corrected chi connectivity index (χ0v) is 11.4. The van der Waals surface area contributed by atoms with Gasteiger partial charge in [0, 0.05) is 0 Å². The Hall–Kier alpha value is -0.980. The second-order valence-corrected chi connectivity index (χ2v) is 6.10. The maximum Gasteiger partial charge on any atom is 0.115 e. The number of rotatable bonds is 2. The van der Waals surface area contributed by atoms with Gasteiger partial charge < -0.3 is 5.11 Å². The van der Waals surface area contributed by atoms with Gasteiger partial charge in [0.2, 0.25) is 0 Å². The van der Waals surface area contributed by atoms with Gasteiger partial charge in [-0.1, -0.05) is 33.8 Å². The molecule has 0 aromatic heterocycles. The molecule has 94 valence electrons. The van der Waals surface area contributed by atoms with Gasteiger partial charge in [0.15, 0.2) is 0 Å². The molecule has 0 bridgehead atoms. The van der Waals surface area contributed by atoms with Crippen LogP contribution in [0.15, 0.2) is 18.2 Å². The van der Waals surface area contributed by atoms with Crippen molar-refractivity contribution in [3.05, 3.63) is 29.3 Å². The molecule has 1 nitrogen and oxygen atoms in total. The summed E-state index contributed by atoms with van der Waals surface area (Å²) < 4.78 is 0. The number of aromatic hydroxyl groups is 1. The van der Waals surface area contributed by atoms with Crippen LogP contribution in [0, 0.1) is 17.8 Å². The fraction of sp³-hybridized carbons (Fsp3) is 0.625. The Morgan fingerprint density at radius 3 is 2.41 bits per heavy atom. The molecule has 0 saturated carbocycles. The Labute approximate surface area is 105 Å². The highest BCUT2D eigenvalue weighted by Gasteiger charge is 2.33. The summed E-state index contributed by atoms with van der Waals surface area (Å²) in [6, 6.07) is 5.95. The van der Waals surface area contributed by atoms with E-state index in [2.05, 4.69) is 33.8 Å². The number of aryl methyl sites for hydroxylation is 1. The van der Waals surface area contributed by atoms with E-state index in [1.165, 1.54) is 17.5 Å². The smallest absolute Gasteiger partial charge is 0.115 e. The molecule has 1 aromatic rings. The Kier molecular flexibility index (Phi) is 3.46. The highest BCUT2D eigenvalue weighted by atomic mass is 16.3. The van der Waals surface area contributed by atoms with Gasteiger partial charge in [-0.05, 0) is 59.8 Å². The molecular weight excluding hydrogens is 208 g/mol. The number of hydrogen-bond acceptors (Lipinski definition) is 1. The molecule has 1 aliphatic rings. The molecule has 17 heavy (non-hydrogen) atoms. The van der Waals surface area contributed by atoms with Crippen molar-refractivity contribution in [1.82, 2.24) is 0 Å². The first-order valence-corrected chi connectivity index (χ1v) is 6.82. The molecule has 0 fully saturated rings. The molecule has 0 heterocycles. The fourth-order valence-electron chi connectivity index (χ4n) is 3.47. The minimum Gasteiger partial charge on any atom is -0.508 e. The maximum atomic E-state index is 9.59. The second-order valence-electron chi connectivity index (χ2n) is 6.10. The average molecular weight is 232 g/mol. The van der Waals surface area contributed by atoms with Crippen LogP contribution in [0.5, 0.6) is 5.75 Å². The van der Waals surface area contributed by atoms with Crippen molar-refractivity contribution < 1.29 is 5.11 Å². The summed E-state index contributed by atoms with van der Waals surface area (Å²) in [5.41, 5.74) is 2.84. The van der Waals surface area contributed by atoms with Crippen LogP contribution in [0.4, 0.5) is 0 Å². The van der Waals surface area contributed by atoms with Crippen molar-refractivity contribution in [1.29, 1.82) is 0 Å². The first-order valence-electron chi connectivity index (χ1n) is 6.82. The van der Waals surface area contributed by atoms with Crippen LogP contribution >= 0.6 is 0 Å². The first-order chi connectivity index (χ1) is 8.00. The number of phenols is 1. The highest BCUT2D eigenvalue weighted by molar-refractivity contribution is 5.39. The van der Waals surface area contributed by atoms with Crippen molar-refractivity contribution >= 4 is 0 Å². The minimum absolute atomic E-state index is 0.411. The Morgan fingerprint density at radius 2 is 1.82 bits per heavy atom. The van der Waals surface area contributed by atoms with E-state index in [1.54, 1.807) is 0 Å². The molecule has 2 unspecified atom stereocenters. The third-order valence-electron chi connectivity index (χ3n) is 4.27. The van der Waals surface area contributed by atoms with Crippen LogP contribution in [0.1, 0.15) is 51.2 Å². The lowest BCUT2D eigenvalue weighted by atomic mass is 9.66. The molecule has 1 aromatic carbocycles. The SMILES string of the molecule is CC(C)C1CCc2cc(O)ccc2C1C(C)C. The molecule has 0 radical (unpaired) electrons. The lowest BCUT2D eigenvalue weighted by Gasteiger charge is -2.38. The lowest BCUT2D eigenvalue weighted by Crippen LogP contribution is -2.28. The Balaban J connectivity index is 2.42. The zero-order valence-electron chi connectivity index (χ0n) is 11.4. The van der Waals surface area contributed by atoms with Gasteiger partial charge in [0.25, 0.3) is 0 Å². The summed E-state index contributed by atoms with van der Waals surface area (Å²) in [7, 11) is 0. The van der Waals surface area contributed by atoms with Crippen LogP contribution in [0.2, 0.25) is 0 Å². The number of phenolic OH excluding ortho intramolecular Hbond substituents is 1. The number of fused-ring (bicyclic) bond motifs is 1. The predicted octanol–water partition coefficient (Wildman–Crippen LogP) is 4.35. The summed E-state index contributed by atoms with van der Waals surface area (Å²) in [5.74, 6) is 3.26. The van der Waals surface area contributed by atoms with Crippen LogP contribution in [0.25, 0.3) is 0 Å². The van der Waals surface area contributed by atoms with E-state index >= 15 is 0 Å². The van der Waals surface area contributed by atoms with Crippen LogP contribution in [0.3, 0.4) is 0 Å². The third kappa shape index (κ3) is 2.34. The molecule has 1 heteroatoms. The van der Waals surface area contributed by atoms with Crippen molar-refractivity contribution in [3.8, 4) is 5.75 Å². The van der Waals surface area contributed by atoms with Gasteiger partial charge in [-0.15, -0.1) is 0 Å². The first kappa shape index (κ1) is 12.5. The standard InChI is InChI=1S/C16H24O/c1-10(2)14-7-5-12-9-13(17)6-8-15(12)16(14)11(3)4/h6,8-11,14,16-17H,5,7H2,1-4H3. The Bertz CT molecular complexity index is 393. The average Bonchev–Trinajstić information content (AvgIpc) is 2.26. The molecule has 2 rings (SSSR count). The van der Waals surface area contributed by atoms with Gasteiger partial charge in [-0.25, -0.2) is 0 Å². The molecule has 1 N–H and O–H groups in total. The minimum atomic E-state index is 0.411. The summed E-state index contributed by atoms with van der Waals surface area (Å²) >= 11 is 0.